The summed E-state index contributed by atoms with van der Waals surface area (Å²) in [5.41, 5.74) is 2.91. The van der Waals surface area contributed by atoms with Crippen LogP contribution < -0.4 is 5.32 Å². The zero-order valence-corrected chi connectivity index (χ0v) is 17.1. The fourth-order valence-electron chi connectivity index (χ4n) is 3.15. The molecule has 1 N–H and O–H groups in total. The van der Waals surface area contributed by atoms with E-state index in [0.29, 0.717) is 36.2 Å². The molecule has 1 heterocycles. The fourth-order valence-corrected chi connectivity index (χ4v) is 3.93. The lowest BCUT2D eigenvalue weighted by molar-refractivity contribution is 0.0950. The van der Waals surface area contributed by atoms with Gasteiger partial charge in [-0.25, -0.2) is 4.39 Å². The number of aryl methyl sites for hydroxylation is 1. The molecule has 1 saturated carbocycles. The van der Waals surface area contributed by atoms with Crippen LogP contribution >= 0.6 is 11.3 Å². The van der Waals surface area contributed by atoms with E-state index >= 15 is 0 Å². The zero-order chi connectivity index (χ0) is 20.2. The van der Waals surface area contributed by atoms with Crippen LogP contribution in [0.1, 0.15) is 44.3 Å². The topological polar surface area (TPSA) is 58.1 Å². The first-order valence-corrected chi connectivity index (χ1v) is 10.5. The Bertz CT molecular complexity index is 984. The minimum Gasteiger partial charge on any atom is -0.346 e. The molecule has 4 rings (SSSR count). The smallest absolute Gasteiger partial charge is 0.282 e. The van der Waals surface area contributed by atoms with Crippen molar-refractivity contribution >= 4 is 17.2 Å². The third kappa shape index (κ3) is 5.25. The summed E-state index contributed by atoms with van der Waals surface area (Å²) in [6.07, 6.45) is 2.22. The molecule has 0 radical (unpaired) electrons. The Morgan fingerprint density at radius 3 is 2.62 bits per heavy atom. The molecule has 0 aliphatic heterocycles. The van der Waals surface area contributed by atoms with Gasteiger partial charge in [0.15, 0.2) is 0 Å². The summed E-state index contributed by atoms with van der Waals surface area (Å²) in [6.45, 7) is 3.59. The molecule has 0 unspecified atom stereocenters. The van der Waals surface area contributed by atoms with E-state index in [2.05, 4.69) is 20.4 Å². The number of hydrogen-bond donors (Lipinski definition) is 1. The van der Waals surface area contributed by atoms with Gasteiger partial charge >= 0.3 is 0 Å². The maximum absolute atomic E-state index is 14.0. The van der Waals surface area contributed by atoms with Gasteiger partial charge in [0.05, 0.1) is 6.54 Å². The van der Waals surface area contributed by atoms with Crippen LogP contribution in [0, 0.1) is 12.7 Å². The van der Waals surface area contributed by atoms with E-state index in [-0.39, 0.29) is 11.7 Å². The Balaban J connectivity index is 1.36. The van der Waals surface area contributed by atoms with Gasteiger partial charge < -0.3 is 5.32 Å². The van der Waals surface area contributed by atoms with Crippen molar-refractivity contribution in [2.45, 2.75) is 45.4 Å². The van der Waals surface area contributed by atoms with Crippen molar-refractivity contribution < 1.29 is 9.18 Å². The first-order valence-electron chi connectivity index (χ1n) is 9.72. The van der Waals surface area contributed by atoms with Crippen LogP contribution in [-0.4, -0.2) is 27.0 Å². The molecule has 1 aromatic heterocycles. The molecule has 150 valence electrons. The number of benzene rings is 2. The molecule has 1 aliphatic rings. The molecule has 1 aliphatic carbocycles. The summed E-state index contributed by atoms with van der Waals surface area (Å²) in [5, 5.41) is 12.3. The number of carbonyl (C=O) groups excluding carboxylic acids is 1. The predicted octanol–water partition coefficient (Wildman–Crippen LogP) is 4.08. The Hall–Kier alpha value is -2.64. The molecule has 7 heteroatoms. The summed E-state index contributed by atoms with van der Waals surface area (Å²) < 4.78 is 14.0. The molecule has 0 atom stereocenters. The van der Waals surface area contributed by atoms with E-state index in [1.807, 2.05) is 43.3 Å². The fraction of sp³-hybridized carbons (Fsp3) is 0.318. The van der Waals surface area contributed by atoms with Crippen LogP contribution in [0.25, 0.3) is 0 Å². The van der Waals surface area contributed by atoms with Crippen molar-refractivity contribution in [1.82, 2.24) is 20.4 Å². The van der Waals surface area contributed by atoms with Crippen LogP contribution in [0.2, 0.25) is 0 Å². The SMILES string of the molecule is Cc1ccc(CNC(=O)c2nnc(CN(Cc3ccccc3F)C3CC3)s2)cc1. The minimum atomic E-state index is -0.221. The largest absolute Gasteiger partial charge is 0.346 e. The van der Waals surface area contributed by atoms with Gasteiger partial charge in [-0.3, -0.25) is 9.69 Å². The maximum Gasteiger partial charge on any atom is 0.282 e. The Labute approximate surface area is 173 Å². The number of carbonyl (C=O) groups is 1. The first-order chi connectivity index (χ1) is 14.1. The molecule has 0 spiro atoms. The summed E-state index contributed by atoms with van der Waals surface area (Å²) >= 11 is 1.30. The summed E-state index contributed by atoms with van der Waals surface area (Å²) in [7, 11) is 0. The summed E-state index contributed by atoms with van der Waals surface area (Å²) in [5.74, 6) is -0.409. The molecule has 1 fully saturated rings. The van der Waals surface area contributed by atoms with E-state index in [0.717, 1.165) is 23.4 Å². The Kier molecular flexibility index (Phi) is 5.97. The average Bonchev–Trinajstić information content (AvgIpc) is 3.47. The maximum atomic E-state index is 14.0. The lowest BCUT2D eigenvalue weighted by Crippen LogP contribution is -2.25. The van der Waals surface area contributed by atoms with Crippen LogP contribution in [0.4, 0.5) is 4.39 Å². The first kappa shape index (κ1) is 19.7. The second-order valence-electron chi connectivity index (χ2n) is 7.40. The van der Waals surface area contributed by atoms with Crippen LogP contribution in [0.5, 0.6) is 0 Å². The number of rotatable bonds is 8. The van der Waals surface area contributed by atoms with Crippen LogP contribution in [0.15, 0.2) is 48.5 Å². The molecule has 5 nitrogen and oxygen atoms in total. The van der Waals surface area contributed by atoms with Gasteiger partial charge in [-0.05, 0) is 31.4 Å². The van der Waals surface area contributed by atoms with E-state index in [9.17, 15) is 9.18 Å². The van der Waals surface area contributed by atoms with Gasteiger partial charge in [0.1, 0.15) is 10.8 Å². The van der Waals surface area contributed by atoms with Crippen molar-refractivity contribution in [1.29, 1.82) is 0 Å². The molecule has 0 bridgehead atoms. The molecule has 29 heavy (non-hydrogen) atoms. The lowest BCUT2D eigenvalue weighted by atomic mass is 10.1. The van der Waals surface area contributed by atoms with Gasteiger partial charge in [-0.15, -0.1) is 10.2 Å². The quantitative estimate of drug-likeness (QED) is 0.608. The Morgan fingerprint density at radius 1 is 1.14 bits per heavy atom. The van der Waals surface area contributed by atoms with Gasteiger partial charge in [-0.2, -0.15) is 0 Å². The Morgan fingerprint density at radius 2 is 1.90 bits per heavy atom. The van der Waals surface area contributed by atoms with E-state index in [1.165, 1.54) is 23.0 Å². The third-order valence-electron chi connectivity index (χ3n) is 4.97. The second-order valence-corrected chi connectivity index (χ2v) is 8.46. The van der Waals surface area contributed by atoms with Crippen molar-refractivity contribution in [3.63, 3.8) is 0 Å². The monoisotopic (exact) mass is 410 g/mol. The van der Waals surface area contributed by atoms with Crippen LogP contribution in [0.3, 0.4) is 0 Å². The lowest BCUT2D eigenvalue weighted by Gasteiger charge is -2.20. The highest BCUT2D eigenvalue weighted by atomic mass is 32.1. The van der Waals surface area contributed by atoms with Crippen molar-refractivity contribution in [3.05, 3.63) is 81.1 Å². The number of amides is 1. The zero-order valence-electron chi connectivity index (χ0n) is 16.3. The summed E-state index contributed by atoms with van der Waals surface area (Å²) in [4.78, 5) is 14.6. The molecular weight excluding hydrogens is 387 g/mol. The van der Waals surface area contributed by atoms with Crippen molar-refractivity contribution in [2.24, 2.45) is 0 Å². The number of aromatic nitrogens is 2. The molecule has 0 saturated heterocycles. The average molecular weight is 411 g/mol. The van der Waals surface area contributed by atoms with E-state index < -0.39 is 0 Å². The molecular formula is C22H23FN4OS. The normalized spacial score (nSPS) is 13.6. The highest BCUT2D eigenvalue weighted by Gasteiger charge is 2.30. The number of nitrogens with one attached hydrogen (secondary N) is 1. The predicted molar refractivity (Wildman–Crippen MR) is 111 cm³/mol. The van der Waals surface area contributed by atoms with Gasteiger partial charge in [0, 0.05) is 24.7 Å². The van der Waals surface area contributed by atoms with E-state index in [1.54, 1.807) is 6.07 Å². The molecule has 3 aromatic rings. The summed E-state index contributed by atoms with van der Waals surface area (Å²) in [6, 6.07) is 15.3. The highest BCUT2D eigenvalue weighted by molar-refractivity contribution is 7.13. The van der Waals surface area contributed by atoms with Gasteiger partial charge in [0.2, 0.25) is 5.01 Å². The van der Waals surface area contributed by atoms with Gasteiger partial charge in [0.25, 0.3) is 5.91 Å². The standard InChI is InChI=1S/C22H23FN4OS/c1-15-6-8-16(9-7-15)12-24-21(28)22-26-25-20(29-22)14-27(18-10-11-18)13-17-4-2-3-5-19(17)23/h2-9,18H,10-14H2,1H3,(H,24,28). The second kappa shape index (κ2) is 8.80. The van der Waals surface area contributed by atoms with Gasteiger partial charge in [-0.1, -0.05) is 59.4 Å². The third-order valence-corrected chi connectivity index (χ3v) is 5.87. The van der Waals surface area contributed by atoms with Crippen molar-refractivity contribution in [3.8, 4) is 0 Å². The number of nitrogens with zero attached hydrogens (tertiary/aromatic N) is 3. The molecule has 1 amide bonds. The van der Waals surface area contributed by atoms with E-state index in [4.69, 9.17) is 0 Å². The highest BCUT2D eigenvalue weighted by Crippen LogP contribution is 2.30. The number of hydrogen-bond acceptors (Lipinski definition) is 5. The minimum absolute atomic E-state index is 0.188. The molecule has 2 aromatic carbocycles. The number of halogens is 1. The van der Waals surface area contributed by atoms with Crippen molar-refractivity contribution in [2.75, 3.05) is 0 Å². The van der Waals surface area contributed by atoms with Crippen LogP contribution in [-0.2, 0) is 19.6 Å².